The molecule has 5 nitrogen and oxygen atoms in total. The van der Waals surface area contributed by atoms with Crippen LogP contribution in [0.5, 0.6) is 0 Å². The van der Waals surface area contributed by atoms with Crippen molar-refractivity contribution >= 4 is 11.6 Å². The Balaban J connectivity index is 1.71. The zero-order valence-corrected chi connectivity index (χ0v) is 9.39. The summed E-state index contributed by atoms with van der Waals surface area (Å²) in [4.78, 5) is 16.1. The third-order valence-corrected chi connectivity index (χ3v) is 3.01. The van der Waals surface area contributed by atoms with Gasteiger partial charge < -0.3 is 15.0 Å². The van der Waals surface area contributed by atoms with Gasteiger partial charge in [0.25, 0.3) is 5.91 Å². The Kier molecular flexibility index (Phi) is 2.53. The van der Waals surface area contributed by atoms with Gasteiger partial charge in [-0.1, -0.05) is 6.07 Å². The highest BCUT2D eigenvalue weighted by molar-refractivity contribution is 5.92. The quantitative estimate of drug-likeness (QED) is 0.796. The van der Waals surface area contributed by atoms with Crippen molar-refractivity contribution in [2.75, 3.05) is 19.6 Å². The van der Waals surface area contributed by atoms with Crippen molar-refractivity contribution in [2.24, 2.45) is 5.92 Å². The fraction of sp³-hybridized carbons (Fsp3) is 0.333. The molecule has 0 spiro atoms. The van der Waals surface area contributed by atoms with Gasteiger partial charge >= 0.3 is 0 Å². The zero-order valence-electron chi connectivity index (χ0n) is 9.39. The van der Waals surface area contributed by atoms with E-state index in [1.807, 2.05) is 28.8 Å². The maximum Gasteiger partial charge on any atom is 0.271 e. The molecule has 0 aromatic carbocycles. The third kappa shape index (κ3) is 2.01. The Bertz CT molecular complexity index is 511. The van der Waals surface area contributed by atoms with Crippen molar-refractivity contribution in [2.45, 2.75) is 0 Å². The lowest BCUT2D eigenvalue weighted by atomic mass is 10.0. The lowest BCUT2D eigenvalue weighted by Gasteiger charge is -2.26. The van der Waals surface area contributed by atoms with Crippen LogP contribution in [0.3, 0.4) is 0 Å². The molecule has 1 saturated heterocycles. The van der Waals surface area contributed by atoms with Crippen molar-refractivity contribution < 1.29 is 4.79 Å². The topological polar surface area (TPSA) is 58.4 Å². The zero-order chi connectivity index (χ0) is 11.7. The number of amides is 1. The number of hydrogen-bond acceptors (Lipinski definition) is 3. The lowest BCUT2D eigenvalue weighted by Crippen LogP contribution is -2.48. The highest BCUT2D eigenvalue weighted by Crippen LogP contribution is 2.05. The van der Waals surface area contributed by atoms with E-state index in [9.17, 15) is 4.79 Å². The number of carbonyl (C=O) groups is 1. The number of pyridine rings is 1. The number of nitrogens with one attached hydrogen (secondary N) is 2. The van der Waals surface area contributed by atoms with Crippen molar-refractivity contribution in [3.63, 3.8) is 0 Å². The van der Waals surface area contributed by atoms with Crippen LogP contribution in [-0.4, -0.2) is 34.9 Å². The maximum absolute atomic E-state index is 11.9. The summed E-state index contributed by atoms with van der Waals surface area (Å²) in [6.07, 6.45) is 3.64. The van der Waals surface area contributed by atoms with Crippen LogP contribution in [-0.2, 0) is 0 Å². The van der Waals surface area contributed by atoms with Crippen LogP contribution in [0, 0.1) is 5.92 Å². The first-order chi connectivity index (χ1) is 8.33. The van der Waals surface area contributed by atoms with E-state index in [1.165, 1.54) is 0 Å². The Morgan fingerprint density at radius 3 is 3.12 bits per heavy atom. The summed E-state index contributed by atoms with van der Waals surface area (Å²) in [5, 5.41) is 6.08. The molecule has 5 heteroatoms. The largest absolute Gasteiger partial charge is 0.350 e. The monoisotopic (exact) mass is 230 g/mol. The van der Waals surface area contributed by atoms with E-state index in [2.05, 4.69) is 15.6 Å². The molecular formula is C12H14N4O. The SMILES string of the molecule is O=C(NCC1CNC1)c1cn2ccccc2n1. The normalized spacial score (nSPS) is 15.8. The minimum atomic E-state index is -0.0967. The Morgan fingerprint density at radius 2 is 2.41 bits per heavy atom. The second-order valence-corrected chi connectivity index (χ2v) is 4.33. The van der Waals surface area contributed by atoms with E-state index >= 15 is 0 Å². The van der Waals surface area contributed by atoms with Crippen LogP contribution in [0.4, 0.5) is 0 Å². The predicted octanol–water partition coefficient (Wildman–Crippen LogP) is 0.283. The minimum Gasteiger partial charge on any atom is -0.350 e. The second-order valence-electron chi connectivity index (χ2n) is 4.33. The molecule has 17 heavy (non-hydrogen) atoms. The van der Waals surface area contributed by atoms with Gasteiger partial charge in [-0.3, -0.25) is 4.79 Å². The summed E-state index contributed by atoms with van der Waals surface area (Å²) in [5.41, 5.74) is 1.27. The van der Waals surface area contributed by atoms with Gasteiger partial charge in [-0.05, 0) is 12.1 Å². The fourth-order valence-corrected chi connectivity index (χ4v) is 1.86. The molecule has 0 radical (unpaired) electrons. The molecule has 0 atom stereocenters. The number of aromatic nitrogens is 2. The molecule has 1 aliphatic rings. The molecule has 0 aliphatic carbocycles. The Hall–Kier alpha value is -1.88. The summed E-state index contributed by atoms with van der Waals surface area (Å²) in [6, 6.07) is 5.70. The summed E-state index contributed by atoms with van der Waals surface area (Å²) in [6.45, 7) is 2.70. The Labute approximate surface area is 98.8 Å². The molecule has 3 rings (SSSR count). The molecule has 0 bridgehead atoms. The van der Waals surface area contributed by atoms with Crippen LogP contribution in [0.1, 0.15) is 10.5 Å². The van der Waals surface area contributed by atoms with Crippen LogP contribution in [0.25, 0.3) is 5.65 Å². The summed E-state index contributed by atoms with van der Waals surface area (Å²) in [5.74, 6) is 0.469. The van der Waals surface area contributed by atoms with Crippen molar-refractivity contribution in [3.05, 3.63) is 36.3 Å². The van der Waals surface area contributed by atoms with Gasteiger partial charge in [-0.2, -0.15) is 0 Å². The first kappa shape index (κ1) is 10.3. The van der Waals surface area contributed by atoms with E-state index in [4.69, 9.17) is 0 Å². The summed E-state index contributed by atoms with van der Waals surface area (Å²) < 4.78 is 1.85. The van der Waals surface area contributed by atoms with Gasteiger partial charge in [-0.15, -0.1) is 0 Å². The highest BCUT2D eigenvalue weighted by Gasteiger charge is 2.18. The van der Waals surface area contributed by atoms with Crippen molar-refractivity contribution in [1.29, 1.82) is 0 Å². The van der Waals surface area contributed by atoms with E-state index in [-0.39, 0.29) is 5.91 Å². The molecular weight excluding hydrogens is 216 g/mol. The smallest absolute Gasteiger partial charge is 0.271 e. The molecule has 0 saturated carbocycles. The fourth-order valence-electron chi connectivity index (χ4n) is 1.86. The van der Waals surface area contributed by atoms with Crippen LogP contribution in [0.2, 0.25) is 0 Å². The maximum atomic E-state index is 11.9. The summed E-state index contributed by atoms with van der Waals surface area (Å²) >= 11 is 0. The van der Waals surface area contributed by atoms with Crippen molar-refractivity contribution in [1.82, 2.24) is 20.0 Å². The number of fused-ring (bicyclic) bond motifs is 1. The summed E-state index contributed by atoms with van der Waals surface area (Å²) in [7, 11) is 0. The predicted molar refractivity (Wildman–Crippen MR) is 63.9 cm³/mol. The average molecular weight is 230 g/mol. The minimum absolute atomic E-state index is 0.0967. The van der Waals surface area contributed by atoms with E-state index < -0.39 is 0 Å². The molecule has 1 fully saturated rings. The molecule has 3 heterocycles. The van der Waals surface area contributed by atoms with Gasteiger partial charge in [0.05, 0.1) is 0 Å². The number of imidazole rings is 1. The van der Waals surface area contributed by atoms with E-state index in [0.29, 0.717) is 11.6 Å². The van der Waals surface area contributed by atoms with Crippen LogP contribution in [0.15, 0.2) is 30.6 Å². The van der Waals surface area contributed by atoms with Crippen LogP contribution >= 0.6 is 0 Å². The van der Waals surface area contributed by atoms with Gasteiger partial charge in [0.2, 0.25) is 0 Å². The average Bonchev–Trinajstić information content (AvgIpc) is 2.70. The number of nitrogens with zero attached hydrogens (tertiary/aromatic N) is 2. The first-order valence-corrected chi connectivity index (χ1v) is 5.75. The first-order valence-electron chi connectivity index (χ1n) is 5.75. The number of rotatable bonds is 3. The molecule has 2 aromatic rings. The molecule has 1 amide bonds. The molecule has 1 aliphatic heterocycles. The number of hydrogen-bond donors (Lipinski definition) is 2. The second kappa shape index (κ2) is 4.18. The third-order valence-electron chi connectivity index (χ3n) is 3.01. The lowest BCUT2D eigenvalue weighted by molar-refractivity contribution is 0.0938. The van der Waals surface area contributed by atoms with Crippen molar-refractivity contribution in [3.8, 4) is 0 Å². The highest BCUT2D eigenvalue weighted by atomic mass is 16.1. The number of carbonyl (C=O) groups excluding carboxylic acids is 1. The standard InChI is InChI=1S/C12H14N4O/c17-12(14-7-9-5-13-6-9)10-8-16-4-2-1-3-11(16)15-10/h1-4,8-9,13H,5-7H2,(H,14,17). The molecule has 2 aromatic heterocycles. The van der Waals surface area contributed by atoms with Crippen LogP contribution < -0.4 is 10.6 Å². The van der Waals surface area contributed by atoms with Gasteiger partial charge in [0.15, 0.2) is 0 Å². The molecule has 88 valence electrons. The Morgan fingerprint density at radius 1 is 1.53 bits per heavy atom. The van der Waals surface area contributed by atoms with Gasteiger partial charge in [0, 0.05) is 37.9 Å². The van der Waals surface area contributed by atoms with E-state index in [1.54, 1.807) is 6.20 Å². The van der Waals surface area contributed by atoms with Gasteiger partial charge in [-0.25, -0.2) is 4.98 Å². The molecule has 0 unspecified atom stereocenters. The molecule has 2 N–H and O–H groups in total. The van der Waals surface area contributed by atoms with Gasteiger partial charge in [0.1, 0.15) is 11.3 Å². The van der Waals surface area contributed by atoms with E-state index in [0.717, 1.165) is 25.3 Å².